The molecule has 0 aliphatic rings. The second-order valence-electron chi connectivity index (χ2n) is 6.93. The van der Waals surface area contributed by atoms with Crippen LogP contribution < -0.4 is 10.1 Å². The number of methoxy groups -OCH3 is 1. The molecule has 0 aliphatic carbocycles. The third-order valence-electron chi connectivity index (χ3n) is 3.62. The zero-order valence-electron chi connectivity index (χ0n) is 15.6. The van der Waals surface area contributed by atoms with Crippen molar-refractivity contribution in [3.8, 4) is 5.75 Å². The lowest BCUT2D eigenvalue weighted by Gasteiger charge is -2.23. The first-order valence-corrected chi connectivity index (χ1v) is 8.22. The first-order chi connectivity index (χ1) is 11.6. The van der Waals surface area contributed by atoms with Gasteiger partial charge in [-0.3, -0.25) is 14.4 Å². The van der Waals surface area contributed by atoms with E-state index in [1.54, 1.807) is 0 Å². The molecule has 138 valence electrons. The van der Waals surface area contributed by atoms with Crippen molar-refractivity contribution < 1.29 is 23.9 Å². The Hall–Kier alpha value is -2.37. The van der Waals surface area contributed by atoms with E-state index >= 15 is 0 Å². The Bertz CT molecular complexity index is 631. The number of carbonyl (C=O) groups is 3. The molecule has 0 atom stereocenters. The molecule has 1 aromatic carbocycles. The number of esters is 1. The molecule has 0 radical (unpaired) electrons. The van der Waals surface area contributed by atoms with Gasteiger partial charge in [0.2, 0.25) is 0 Å². The van der Waals surface area contributed by atoms with Crippen LogP contribution in [0, 0.1) is 6.92 Å². The number of hydrogen-bond donors (Lipinski definition) is 1. The number of benzene rings is 1. The van der Waals surface area contributed by atoms with Gasteiger partial charge in [-0.15, -0.1) is 0 Å². The van der Waals surface area contributed by atoms with Crippen LogP contribution >= 0.6 is 0 Å². The fraction of sp³-hybridized carbons (Fsp3) is 0.526. The molecule has 0 heterocycles. The summed E-state index contributed by atoms with van der Waals surface area (Å²) < 4.78 is 10.1. The van der Waals surface area contributed by atoms with Crippen LogP contribution in [0.15, 0.2) is 18.2 Å². The quantitative estimate of drug-likeness (QED) is 0.728. The standard InChI is InChI=1S/C19H27NO5/c1-13-6-8-16(15(10-13)19(2,3)4)25-12-17(22)20-11-14(21)7-9-18(23)24-5/h6,8,10H,7,9,11-12H2,1-5H3,(H,20,22). The molecule has 0 bridgehead atoms. The van der Waals surface area contributed by atoms with Gasteiger partial charge in [0.25, 0.3) is 5.91 Å². The monoisotopic (exact) mass is 349 g/mol. The molecular weight excluding hydrogens is 322 g/mol. The van der Waals surface area contributed by atoms with E-state index in [1.807, 2.05) is 25.1 Å². The number of amides is 1. The Morgan fingerprint density at radius 1 is 1.12 bits per heavy atom. The minimum Gasteiger partial charge on any atom is -0.483 e. The van der Waals surface area contributed by atoms with Crippen molar-refractivity contribution in [1.82, 2.24) is 5.32 Å². The summed E-state index contributed by atoms with van der Waals surface area (Å²) >= 11 is 0. The van der Waals surface area contributed by atoms with Gasteiger partial charge < -0.3 is 14.8 Å². The van der Waals surface area contributed by atoms with E-state index in [-0.39, 0.29) is 43.1 Å². The third kappa shape index (κ3) is 7.37. The summed E-state index contributed by atoms with van der Waals surface area (Å²) in [6.07, 6.45) is 0.0555. The third-order valence-corrected chi connectivity index (χ3v) is 3.62. The number of Topliss-reactive ketones (excluding diaryl/α,β-unsaturated/α-hetero) is 1. The van der Waals surface area contributed by atoms with E-state index in [2.05, 4.69) is 30.8 Å². The van der Waals surface area contributed by atoms with Crippen LogP contribution in [0.25, 0.3) is 0 Å². The molecule has 6 nitrogen and oxygen atoms in total. The molecule has 0 aliphatic heterocycles. The highest BCUT2D eigenvalue weighted by molar-refractivity contribution is 5.88. The van der Waals surface area contributed by atoms with Gasteiger partial charge in [0.1, 0.15) is 5.75 Å². The summed E-state index contributed by atoms with van der Waals surface area (Å²) in [5, 5.41) is 2.50. The average Bonchev–Trinajstić information content (AvgIpc) is 2.55. The van der Waals surface area contributed by atoms with Crippen molar-refractivity contribution in [1.29, 1.82) is 0 Å². The van der Waals surface area contributed by atoms with Gasteiger partial charge in [-0.05, 0) is 24.0 Å². The predicted molar refractivity (Wildman–Crippen MR) is 94.6 cm³/mol. The lowest BCUT2D eigenvalue weighted by atomic mass is 9.85. The van der Waals surface area contributed by atoms with Gasteiger partial charge in [-0.2, -0.15) is 0 Å². The molecule has 0 saturated heterocycles. The van der Waals surface area contributed by atoms with E-state index in [4.69, 9.17) is 4.74 Å². The van der Waals surface area contributed by atoms with Gasteiger partial charge >= 0.3 is 5.97 Å². The van der Waals surface area contributed by atoms with E-state index in [1.165, 1.54) is 7.11 Å². The highest BCUT2D eigenvalue weighted by Crippen LogP contribution is 2.32. The van der Waals surface area contributed by atoms with Crippen molar-refractivity contribution in [2.24, 2.45) is 0 Å². The first-order valence-electron chi connectivity index (χ1n) is 8.22. The zero-order valence-corrected chi connectivity index (χ0v) is 15.6. The molecule has 0 spiro atoms. The molecule has 6 heteroatoms. The second-order valence-corrected chi connectivity index (χ2v) is 6.93. The fourth-order valence-corrected chi connectivity index (χ4v) is 2.18. The zero-order chi connectivity index (χ0) is 19.0. The Kier molecular flexibility index (Phi) is 7.61. The van der Waals surface area contributed by atoms with Crippen molar-refractivity contribution in [3.05, 3.63) is 29.3 Å². The average molecular weight is 349 g/mol. The minimum atomic E-state index is -0.447. The van der Waals surface area contributed by atoms with Crippen molar-refractivity contribution in [2.75, 3.05) is 20.3 Å². The van der Waals surface area contributed by atoms with Crippen LogP contribution in [0.1, 0.15) is 44.7 Å². The van der Waals surface area contributed by atoms with Crippen LogP contribution in [0.3, 0.4) is 0 Å². The van der Waals surface area contributed by atoms with Crippen LogP contribution in [-0.4, -0.2) is 37.9 Å². The van der Waals surface area contributed by atoms with Crippen molar-refractivity contribution in [3.63, 3.8) is 0 Å². The summed E-state index contributed by atoms with van der Waals surface area (Å²) in [5.41, 5.74) is 2.04. The predicted octanol–water partition coefficient (Wildman–Crippen LogP) is 2.31. The Morgan fingerprint density at radius 2 is 1.80 bits per heavy atom. The van der Waals surface area contributed by atoms with Crippen molar-refractivity contribution in [2.45, 2.75) is 46.0 Å². The summed E-state index contributed by atoms with van der Waals surface area (Å²) in [5.74, 6) is -0.404. The number of ketones is 1. The molecule has 1 amide bonds. The topological polar surface area (TPSA) is 81.7 Å². The van der Waals surface area contributed by atoms with Gasteiger partial charge in [0.15, 0.2) is 12.4 Å². The van der Waals surface area contributed by atoms with Gasteiger partial charge in [-0.1, -0.05) is 38.5 Å². The maximum Gasteiger partial charge on any atom is 0.305 e. The van der Waals surface area contributed by atoms with Crippen LogP contribution in [0.4, 0.5) is 0 Å². The SMILES string of the molecule is COC(=O)CCC(=O)CNC(=O)COc1ccc(C)cc1C(C)(C)C. The van der Waals surface area contributed by atoms with E-state index in [0.29, 0.717) is 5.75 Å². The van der Waals surface area contributed by atoms with Crippen molar-refractivity contribution >= 4 is 17.7 Å². The smallest absolute Gasteiger partial charge is 0.305 e. The summed E-state index contributed by atoms with van der Waals surface area (Å²) in [7, 11) is 1.27. The van der Waals surface area contributed by atoms with E-state index in [0.717, 1.165) is 11.1 Å². The lowest BCUT2D eigenvalue weighted by Crippen LogP contribution is -2.33. The molecule has 1 rings (SSSR count). The maximum absolute atomic E-state index is 11.9. The molecule has 0 saturated carbocycles. The molecule has 0 unspecified atom stereocenters. The van der Waals surface area contributed by atoms with E-state index < -0.39 is 5.97 Å². The van der Waals surface area contributed by atoms with Gasteiger partial charge in [0.05, 0.1) is 20.1 Å². The van der Waals surface area contributed by atoms with Crippen LogP contribution in [0.2, 0.25) is 0 Å². The summed E-state index contributed by atoms with van der Waals surface area (Å²) in [4.78, 5) is 34.4. The molecule has 1 N–H and O–H groups in total. The highest BCUT2D eigenvalue weighted by Gasteiger charge is 2.19. The molecule has 1 aromatic rings. The minimum absolute atomic E-state index is 0.0139. The van der Waals surface area contributed by atoms with Crippen LogP contribution in [0.5, 0.6) is 5.75 Å². The number of carbonyl (C=O) groups excluding carboxylic acids is 3. The fourth-order valence-electron chi connectivity index (χ4n) is 2.18. The van der Waals surface area contributed by atoms with Crippen LogP contribution in [-0.2, 0) is 24.5 Å². The summed E-state index contributed by atoms with van der Waals surface area (Å²) in [6, 6.07) is 5.83. The van der Waals surface area contributed by atoms with E-state index in [9.17, 15) is 14.4 Å². The largest absolute Gasteiger partial charge is 0.483 e. The number of rotatable bonds is 8. The summed E-state index contributed by atoms with van der Waals surface area (Å²) in [6.45, 7) is 7.94. The van der Waals surface area contributed by atoms with Gasteiger partial charge in [0, 0.05) is 6.42 Å². The number of nitrogens with one attached hydrogen (secondary N) is 1. The number of ether oxygens (including phenoxy) is 2. The molecule has 25 heavy (non-hydrogen) atoms. The Morgan fingerprint density at radius 3 is 2.40 bits per heavy atom. The lowest BCUT2D eigenvalue weighted by molar-refractivity contribution is -0.141. The second kappa shape index (κ2) is 9.20. The molecule has 0 aromatic heterocycles. The Labute approximate surface area is 148 Å². The number of aryl methyl sites for hydroxylation is 1. The maximum atomic E-state index is 11.9. The highest BCUT2D eigenvalue weighted by atomic mass is 16.5. The Balaban J connectivity index is 2.50. The normalized spacial score (nSPS) is 10.9. The van der Waals surface area contributed by atoms with Gasteiger partial charge in [-0.25, -0.2) is 0 Å². The number of hydrogen-bond acceptors (Lipinski definition) is 5. The first kappa shape index (κ1) is 20.7. The molecular formula is C19H27NO5. The molecule has 0 fully saturated rings.